The molecule has 0 aliphatic rings. The molecule has 2 aromatic heterocycles. The molecule has 10 aromatic rings. The molecule has 3 nitrogen and oxygen atoms in total. The first-order valence-corrected chi connectivity index (χ1v) is 16.7. The van der Waals surface area contributed by atoms with Gasteiger partial charge in [-0.15, -0.1) is 0 Å². The molecular formula is C46H30N2O. The number of anilines is 3. The van der Waals surface area contributed by atoms with Crippen molar-refractivity contribution >= 4 is 71.6 Å². The van der Waals surface area contributed by atoms with Crippen LogP contribution in [0.1, 0.15) is 0 Å². The Morgan fingerprint density at radius 2 is 1.06 bits per heavy atom. The van der Waals surface area contributed by atoms with Gasteiger partial charge in [-0.25, -0.2) is 0 Å². The third-order valence-electron chi connectivity index (χ3n) is 9.78. The number of hydrogen-bond acceptors (Lipinski definition) is 2. The molecule has 3 heteroatoms. The lowest BCUT2D eigenvalue weighted by molar-refractivity contribution is 0.672. The number of aromatic nitrogens is 1. The van der Waals surface area contributed by atoms with E-state index in [0.29, 0.717) is 0 Å². The Hall–Kier alpha value is -6.58. The van der Waals surface area contributed by atoms with Gasteiger partial charge in [-0.1, -0.05) is 109 Å². The van der Waals surface area contributed by atoms with Gasteiger partial charge >= 0.3 is 0 Å². The van der Waals surface area contributed by atoms with Crippen LogP contribution in [0.15, 0.2) is 186 Å². The van der Waals surface area contributed by atoms with Gasteiger partial charge in [0.2, 0.25) is 0 Å². The van der Waals surface area contributed by atoms with E-state index in [2.05, 4.69) is 191 Å². The first-order valence-electron chi connectivity index (χ1n) is 16.7. The van der Waals surface area contributed by atoms with Crippen LogP contribution in [-0.2, 0) is 0 Å². The van der Waals surface area contributed by atoms with Crippen LogP contribution < -0.4 is 4.90 Å². The third-order valence-corrected chi connectivity index (χ3v) is 9.78. The van der Waals surface area contributed by atoms with Crippen molar-refractivity contribution in [2.24, 2.45) is 0 Å². The van der Waals surface area contributed by atoms with Crippen molar-refractivity contribution in [3.8, 4) is 16.8 Å². The summed E-state index contributed by atoms with van der Waals surface area (Å²) in [6, 6.07) is 64.9. The second-order valence-corrected chi connectivity index (χ2v) is 12.6. The van der Waals surface area contributed by atoms with Gasteiger partial charge in [0.1, 0.15) is 11.2 Å². The minimum atomic E-state index is 0.896. The maximum Gasteiger partial charge on any atom is 0.143 e. The molecule has 0 aliphatic heterocycles. The zero-order valence-corrected chi connectivity index (χ0v) is 26.6. The van der Waals surface area contributed by atoms with Gasteiger partial charge in [0, 0.05) is 49.6 Å². The molecule has 0 fully saturated rings. The van der Waals surface area contributed by atoms with Crippen molar-refractivity contribution in [3.63, 3.8) is 0 Å². The fourth-order valence-electron chi connectivity index (χ4n) is 7.54. The lowest BCUT2D eigenvalue weighted by Gasteiger charge is -2.28. The summed E-state index contributed by atoms with van der Waals surface area (Å²) in [7, 11) is 0. The van der Waals surface area contributed by atoms with E-state index >= 15 is 0 Å². The largest absolute Gasteiger partial charge is 0.455 e. The van der Waals surface area contributed by atoms with E-state index in [1.807, 2.05) is 0 Å². The first kappa shape index (κ1) is 27.5. The van der Waals surface area contributed by atoms with E-state index in [-0.39, 0.29) is 0 Å². The van der Waals surface area contributed by atoms with E-state index in [9.17, 15) is 0 Å². The smallest absolute Gasteiger partial charge is 0.143 e. The fraction of sp³-hybridized carbons (Fsp3) is 0. The summed E-state index contributed by atoms with van der Waals surface area (Å²) in [6.07, 6.45) is 0. The minimum absolute atomic E-state index is 0.896. The topological polar surface area (TPSA) is 21.3 Å². The zero-order chi connectivity index (χ0) is 32.3. The molecule has 0 aliphatic carbocycles. The van der Waals surface area contributed by atoms with Crippen LogP contribution in [0, 0.1) is 0 Å². The van der Waals surface area contributed by atoms with Crippen LogP contribution in [0.3, 0.4) is 0 Å². The predicted molar refractivity (Wildman–Crippen MR) is 206 cm³/mol. The zero-order valence-electron chi connectivity index (χ0n) is 26.6. The van der Waals surface area contributed by atoms with Crippen molar-refractivity contribution in [2.45, 2.75) is 0 Å². The molecule has 0 unspecified atom stereocenters. The van der Waals surface area contributed by atoms with E-state index < -0.39 is 0 Å². The van der Waals surface area contributed by atoms with Crippen LogP contribution in [0.4, 0.5) is 17.1 Å². The highest BCUT2D eigenvalue weighted by atomic mass is 16.3. The normalized spacial score (nSPS) is 11.7. The average Bonchev–Trinajstić information content (AvgIpc) is 3.72. The van der Waals surface area contributed by atoms with E-state index in [4.69, 9.17) is 4.42 Å². The van der Waals surface area contributed by atoms with Gasteiger partial charge < -0.3 is 13.9 Å². The average molecular weight is 627 g/mol. The van der Waals surface area contributed by atoms with Crippen molar-refractivity contribution in [1.29, 1.82) is 0 Å². The van der Waals surface area contributed by atoms with Crippen LogP contribution in [0.25, 0.3) is 71.3 Å². The number of benzene rings is 8. The molecule has 8 aromatic carbocycles. The Kier molecular flexibility index (Phi) is 6.18. The molecule has 0 saturated heterocycles. The van der Waals surface area contributed by atoms with Crippen LogP contribution in [0.2, 0.25) is 0 Å². The van der Waals surface area contributed by atoms with Crippen molar-refractivity contribution in [2.75, 3.05) is 4.90 Å². The van der Waals surface area contributed by atoms with Crippen LogP contribution in [0.5, 0.6) is 0 Å². The highest BCUT2D eigenvalue weighted by Gasteiger charge is 2.19. The van der Waals surface area contributed by atoms with Gasteiger partial charge in [0.25, 0.3) is 0 Å². The van der Waals surface area contributed by atoms with Crippen LogP contribution in [-0.4, -0.2) is 4.57 Å². The number of para-hydroxylation sites is 4. The summed E-state index contributed by atoms with van der Waals surface area (Å²) in [6.45, 7) is 0. The third kappa shape index (κ3) is 4.37. The van der Waals surface area contributed by atoms with Crippen molar-refractivity contribution in [1.82, 2.24) is 4.57 Å². The van der Waals surface area contributed by atoms with E-state index in [1.54, 1.807) is 0 Å². The first-order chi connectivity index (χ1) is 24.3. The molecule has 49 heavy (non-hydrogen) atoms. The number of fused-ring (bicyclic) bond motifs is 8. The Morgan fingerprint density at radius 1 is 0.429 bits per heavy atom. The number of nitrogens with zero attached hydrogens (tertiary/aromatic N) is 2. The highest BCUT2D eigenvalue weighted by Crippen LogP contribution is 2.43. The molecule has 0 saturated carbocycles. The Bertz CT molecular complexity index is 2770. The van der Waals surface area contributed by atoms with Gasteiger partial charge in [0.05, 0.1) is 16.7 Å². The summed E-state index contributed by atoms with van der Waals surface area (Å²) in [5, 5.41) is 7.10. The summed E-state index contributed by atoms with van der Waals surface area (Å²) in [4.78, 5) is 2.36. The Morgan fingerprint density at radius 3 is 1.84 bits per heavy atom. The lowest BCUT2D eigenvalue weighted by atomic mass is 9.99. The summed E-state index contributed by atoms with van der Waals surface area (Å²) < 4.78 is 8.82. The quantitative estimate of drug-likeness (QED) is 0.190. The van der Waals surface area contributed by atoms with Crippen molar-refractivity contribution in [3.05, 3.63) is 182 Å². The van der Waals surface area contributed by atoms with Crippen LogP contribution >= 0.6 is 0 Å². The van der Waals surface area contributed by atoms with E-state index in [0.717, 1.165) is 61.2 Å². The maximum atomic E-state index is 6.46. The molecule has 10 rings (SSSR count). The molecule has 230 valence electrons. The van der Waals surface area contributed by atoms with Gasteiger partial charge in [-0.05, 0) is 83.7 Å². The molecule has 0 spiro atoms. The number of hydrogen-bond donors (Lipinski definition) is 0. The SMILES string of the molecule is c1ccc(N(c2ccc(-n3c4ccccc4c4ccccc43)cc2)c2ccccc2-c2ccc3oc4c5ccccc5ccc4c3c2)cc1. The predicted octanol–water partition coefficient (Wildman–Crippen LogP) is 13.0. The number of rotatable bonds is 5. The van der Waals surface area contributed by atoms with Gasteiger partial charge in [-0.3, -0.25) is 0 Å². The second kappa shape index (κ2) is 11.0. The molecule has 2 heterocycles. The summed E-state index contributed by atoms with van der Waals surface area (Å²) in [5.74, 6) is 0. The monoisotopic (exact) mass is 626 g/mol. The standard InChI is InChI=1S/C46H30N2O/c1-2-13-33(14-3-1)47(34-24-26-35(27-25-34)48-43-20-10-7-17-38(43)39-18-8-11-21-44(39)48)42-19-9-6-15-36(42)32-23-29-45-41(30-32)40-28-22-31-12-4-5-16-37(31)46(40)49-45/h1-30H. The summed E-state index contributed by atoms with van der Waals surface area (Å²) >= 11 is 0. The number of furan rings is 1. The molecule has 0 amide bonds. The molecule has 0 atom stereocenters. The highest BCUT2D eigenvalue weighted by molar-refractivity contribution is 6.16. The second-order valence-electron chi connectivity index (χ2n) is 12.6. The van der Waals surface area contributed by atoms with Gasteiger partial charge in [0.15, 0.2) is 0 Å². The van der Waals surface area contributed by atoms with E-state index in [1.165, 1.54) is 27.2 Å². The van der Waals surface area contributed by atoms with Crippen molar-refractivity contribution < 1.29 is 4.42 Å². The summed E-state index contributed by atoms with van der Waals surface area (Å²) in [5.41, 5.74) is 11.0. The molecule has 0 bridgehead atoms. The molecule has 0 N–H and O–H groups in total. The minimum Gasteiger partial charge on any atom is -0.455 e. The Labute approximate surface area is 283 Å². The molecule has 0 radical (unpaired) electrons. The molecular weight excluding hydrogens is 597 g/mol. The lowest BCUT2D eigenvalue weighted by Crippen LogP contribution is -2.11. The fourth-order valence-corrected chi connectivity index (χ4v) is 7.54. The van der Waals surface area contributed by atoms with Gasteiger partial charge in [-0.2, -0.15) is 0 Å². The Balaban J connectivity index is 1.12. The maximum absolute atomic E-state index is 6.46.